The van der Waals surface area contributed by atoms with Crippen LogP contribution in [0.2, 0.25) is 0 Å². The van der Waals surface area contributed by atoms with Crippen molar-refractivity contribution >= 4 is 0 Å². The van der Waals surface area contributed by atoms with Crippen molar-refractivity contribution in [2.45, 2.75) is 52.1 Å². The fourth-order valence-electron chi connectivity index (χ4n) is 1.14. The number of hydrogen-bond donors (Lipinski definition) is 1. The van der Waals surface area contributed by atoms with E-state index >= 15 is 0 Å². The summed E-state index contributed by atoms with van der Waals surface area (Å²) in [5.74, 6) is 2.56. The molecule has 0 bridgehead atoms. The molecule has 0 amide bonds. The van der Waals surface area contributed by atoms with Gasteiger partial charge in [0.2, 0.25) is 0 Å². The summed E-state index contributed by atoms with van der Waals surface area (Å²) in [5, 5.41) is 9.47. The highest BCUT2D eigenvalue weighted by Crippen LogP contribution is 2.11. The zero-order valence-electron chi connectivity index (χ0n) is 8.21. The molecule has 0 radical (unpaired) electrons. The molecular weight excluding hydrogens is 148 g/mol. The van der Waals surface area contributed by atoms with Crippen LogP contribution in [-0.2, 0) is 0 Å². The summed E-state index contributed by atoms with van der Waals surface area (Å²) >= 11 is 0. The van der Waals surface area contributed by atoms with Gasteiger partial charge in [-0.2, -0.15) is 0 Å². The van der Waals surface area contributed by atoms with E-state index in [-0.39, 0.29) is 12.0 Å². The van der Waals surface area contributed by atoms with Crippen molar-refractivity contribution in [1.82, 2.24) is 0 Å². The molecule has 0 unspecified atom stereocenters. The van der Waals surface area contributed by atoms with Gasteiger partial charge in [-0.25, -0.2) is 0 Å². The smallest absolute Gasteiger partial charge is 0.0674 e. The van der Waals surface area contributed by atoms with Crippen molar-refractivity contribution in [1.29, 1.82) is 0 Å². The molecule has 0 spiro atoms. The van der Waals surface area contributed by atoms with Crippen LogP contribution in [0, 0.1) is 18.3 Å². The Morgan fingerprint density at radius 1 is 1.33 bits per heavy atom. The highest BCUT2D eigenvalue weighted by atomic mass is 16.3. The molecule has 0 rings (SSSR count). The van der Waals surface area contributed by atoms with E-state index in [9.17, 15) is 5.11 Å². The summed E-state index contributed by atoms with van der Waals surface area (Å²) in [6.07, 6.45) is 10.6. The first kappa shape index (κ1) is 11.5. The first-order chi connectivity index (χ1) is 5.72. The van der Waals surface area contributed by atoms with Crippen molar-refractivity contribution in [2.75, 3.05) is 0 Å². The molecule has 1 heteroatoms. The maximum absolute atomic E-state index is 9.47. The van der Waals surface area contributed by atoms with Gasteiger partial charge in [0, 0.05) is 5.92 Å². The van der Waals surface area contributed by atoms with Gasteiger partial charge in [0.1, 0.15) is 0 Å². The van der Waals surface area contributed by atoms with Crippen molar-refractivity contribution in [3.63, 3.8) is 0 Å². The molecule has 0 saturated carbocycles. The van der Waals surface area contributed by atoms with Crippen LogP contribution in [0.15, 0.2) is 0 Å². The SMILES string of the molecule is C#C[C@@H](C)[C@@H](O)CCCCCC. The Kier molecular flexibility index (Phi) is 6.90. The zero-order valence-corrected chi connectivity index (χ0v) is 8.21. The third kappa shape index (κ3) is 5.21. The average molecular weight is 168 g/mol. The summed E-state index contributed by atoms with van der Waals surface area (Å²) in [7, 11) is 0. The zero-order chi connectivity index (χ0) is 9.40. The van der Waals surface area contributed by atoms with Crippen molar-refractivity contribution in [2.24, 2.45) is 5.92 Å². The lowest BCUT2D eigenvalue weighted by Gasteiger charge is -2.12. The molecule has 0 aromatic carbocycles. The van der Waals surface area contributed by atoms with Gasteiger partial charge in [-0.15, -0.1) is 12.3 Å². The largest absolute Gasteiger partial charge is 0.392 e. The third-order valence-electron chi connectivity index (χ3n) is 2.19. The highest BCUT2D eigenvalue weighted by molar-refractivity contribution is 4.93. The lowest BCUT2D eigenvalue weighted by atomic mass is 10.00. The fourth-order valence-corrected chi connectivity index (χ4v) is 1.14. The van der Waals surface area contributed by atoms with Gasteiger partial charge in [-0.3, -0.25) is 0 Å². The van der Waals surface area contributed by atoms with E-state index in [2.05, 4.69) is 12.8 Å². The molecule has 0 aliphatic carbocycles. The van der Waals surface area contributed by atoms with Crippen LogP contribution in [0.1, 0.15) is 46.0 Å². The predicted molar refractivity (Wildman–Crippen MR) is 52.8 cm³/mol. The van der Waals surface area contributed by atoms with E-state index < -0.39 is 0 Å². The molecule has 2 atom stereocenters. The molecule has 1 nitrogen and oxygen atoms in total. The summed E-state index contributed by atoms with van der Waals surface area (Å²) in [4.78, 5) is 0. The fraction of sp³-hybridized carbons (Fsp3) is 0.818. The topological polar surface area (TPSA) is 20.2 Å². The first-order valence-electron chi connectivity index (χ1n) is 4.86. The summed E-state index contributed by atoms with van der Waals surface area (Å²) < 4.78 is 0. The van der Waals surface area contributed by atoms with E-state index in [1.807, 2.05) is 6.92 Å². The van der Waals surface area contributed by atoms with Gasteiger partial charge in [-0.05, 0) is 13.3 Å². The molecule has 0 aromatic heterocycles. The van der Waals surface area contributed by atoms with Crippen LogP contribution >= 0.6 is 0 Å². The van der Waals surface area contributed by atoms with Crippen LogP contribution in [0.25, 0.3) is 0 Å². The van der Waals surface area contributed by atoms with E-state index in [0.717, 1.165) is 12.8 Å². The minimum Gasteiger partial charge on any atom is -0.392 e. The number of hydrogen-bond acceptors (Lipinski definition) is 1. The summed E-state index contributed by atoms with van der Waals surface area (Å²) in [6.45, 7) is 4.07. The number of unbranched alkanes of at least 4 members (excludes halogenated alkanes) is 3. The van der Waals surface area contributed by atoms with Crippen LogP contribution in [0.5, 0.6) is 0 Å². The lowest BCUT2D eigenvalue weighted by molar-refractivity contribution is 0.128. The summed E-state index contributed by atoms with van der Waals surface area (Å²) in [5.41, 5.74) is 0. The van der Waals surface area contributed by atoms with Crippen LogP contribution in [0.3, 0.4) is 0 Å². The Morgan fingerprint density at radius 2 is 2.00 bits per heavy atom. The molecule has 0 fully saturated rings. The molecule has 1 N–H and O–H groups in total. The normalized spacial score (nSPS) is 15.2. The number of rotatable bonds is 6. The Labute approximate surface area is 76.2 Å². The van der Waals surface area contributed by atoms with Gasteiger partial charge in [0.15, 0.2) is 0 Å². The van der Waals surface area contributed by atoms with E-state index in [0.29, 0.717) is 0 Å². The maximum atomic E-state index is 9.47. The summed E-state index contributed by atoms with van der Waals surface area (Å²) in [6, 6.07) is 0. The van der Waals surface area contributed by atoms with Gasteiger partial charge < -0.3 is 5.11 Å². The second-order valence-corrected chi connectivity index (χ2v) is 3.37. The molecule has 0 saturated heterocycles. The van der Waals surface area contributed by atoms with Gasteiger partial charge >= 0.3 is 0 Å². The predicted octanol–water partition coefficient (Wildman–Crippen LogP) is 2.59. The van der Waals surface area contributed by atoms with Crippen molar-refractivity contribution < 1.29 is 5.11 Å². The first-order valence-corrected chi connectivity index (χ1v) is 4.86. The van der Waals surface area contributed by atoms with E-state index in [1.54, 1.807) is 0 Å². The number of terminal acetylenes is 1. The third-order valence-corrected chi connectivity index (χ3v) is 2.19. The van der Waals surface area contributed by atoms with Gasteiger partial charge in [0.25, 0.3) is 0 Å². The molecule has 0 aliphatic heterocycles. The second kappa shape index (κ2) is 7.18. The molecule has 12 heavy (non-hydrogen) atoms. The Bertz CT molecular complexity index is 134. The standard InChI is InChI=1S/C11H20O/c1-4-6-7-8-9-11(12)10(3)5-2/h2,10-12H,4,6-9H2,1,3H3/t10-,11+/m1/s1. The second-order valence-electron chi connectivity index (χ2n) is 3.37. The quantitative estimate of drug-likeness (QED) is 0.477. The molecular formula is C11H20O. The maximum Gasteiger partial charge on any atom is 0.0674 e. The Hall–Kier alpha value is -0.480. The molecule has 0 aliphatic rings. The lowest BCUT2D eigenvalue weighted by Crippen LogP contribution is -2.15. The van der Waals surface area contributed by atoms with E-state index in [4.69, 9.17) is 6.42 Å². The van der Waals surface area contributed by atoms with Gasteiger partial charge in [0.05, 0.1) is 6.10 Å². The Morgan fingerprint density at radius 3 is 2.50 bits per heavy atom. The average Bonchev–Trinajstić information content (AvgIpc) is 2.10. The molecule has 0 aromatic rings. The minimum atomic E-state index is -0.299. The molecule has 70 valence electrons. The minimum absolute atomic E-state index is 0.00614. The monoisotopic (exact) mass is 168 g/mol. The van der Waals surface area contributed by atoms with Crippen molar-refractivity contribution in [3.8, 4) is 12.3 Å². The Balaban J connectivity index is 3.32. The van der Waals surface area contributed by atoms with Crippen LogP contribution < -0.4 is 0 Å². The molecule has 0 heterocycles. The van der Waals surface area contributed by atoms with Gasteiger partial charge in [-0.1, -0.05) is 32.6 Å². The van der Waals surface area contributed by atoms with Crippen LogP contribution in [0.4, 0.5) is 0 Å². The van der Waals surface area contributed by atoms with E-state index in [1.165, 1.54) is 19.3 Å². The van der Waals surface area contributed by atoms with Crippen LogP contribution in [-0.4, -0.2) is 11.2 Å². The number of aliphatic hydroxyl groups excluding tert-OH is 1. The number of aliphatic hydroxyl groups is 1. The van der Waals surface area contributed by atoms with Crippen molar-refractivity contribution in [3.05, 3.63) is 0 Å². The highest BCUT2D eigenvalue weighted by Gasteiger charge is 2.09.